The molecule has 7 heteroatoms. The number of hydrogen-bond acceptors (Lipinski definition) is 5. The van der Waals surface area contributed by atoms with Crippen molar-refractivity contribution in [2.75, 3.05) is 7.11 Å². The summed E-state index contributed by atoms with van der Waals surface area (Å²) in [5.41, 5.74) is 3.94. The van der Waals surface area contributed by atoms with Gasteiger partial charge in [-0.15, -0.1) is 0 Å². The molecular weight excluding hydrogens is 378 g/mol. The summed E-state index contributed by atoms with van der Waals surface area (Å²) in [7, 11) is 1.32. The fourth-order valence-electron chi connectivity index (χ4n) is 2.94. The Balaban J connectivity index is 2.15. The van der Waals surface area contributed by atoms with Crippen LogP contribution in [0.25, 0.3) is 16.9 Å². The number of hydrogen-bond donors (Lipinski definition) is 0. The van der Waals surface area contributed by atoms with Crippen molar-refractivity contribution >= 4 is 23.2 Å². The molecule has 6 nitrogen and oxygen atoms in total. The molecule has 0 radical (unpaired) electrons. The van der Waals surface area contributed by atoms with E-state index in [1.165, 1.54) is 17.2 Å². The first-order valence-corrected chi connectivity index (χ1v) is 9.37. The zero-order chi connectivity index (χ0) is 20.6. The highest BCUT2D eigenvalue weighted by Crippen LogP contribution is 2.33. The minimum Gasteiger partial charge on any atom is -0.467 e. The molecule has 3 rings (SSSR count). The molecule has 2 heterocycles. The van der Waals surface area contributed by atoms with E-state index < -0.39 is 17.7 Å². The third-order valence-corrected chi connectivity index (χ3v) is 4.63. The van der Waals surface area contributed by atoms with Gasteiger partial charge in [0.25, 0.3) is 0 Å². The number of methoxy groups -OCH3 is 1. The molecule has 0 N–H and O–H groups in total. The Labute approximate surface area is 169 Å². The number of nitrogens with zero attached hydrogens (tertiary/aromatic N) is 3. The minimum absolute atomic E-state index is 0.278. The SMILES string of the molecule is COC(=O)C(OC(C)(C)C)c1c(C)nc2cc(-c3ccc(C)cc3)nn2c1Cl. The quantitative estimate of drug-likeness (QED) is 0.468. The number of halogens is 1. The summed E-state index contributed by atoms with van der Waals surface area (Å²) < 4.78 is 12.4. The molecule has 0 amide bonds. The topological polar surface area (TPSA) is 65.7 Å². The van der Waals surface area contributed by atoms with E-state index in [0.717, 1.165) is 11.3 Å². The monoisotopic (exact) mass is 401 g/mol. The molecular formula is C21H24ClN3O3. The second kappa shape index (κ2) is 7.53. The number of carbonyl (C=O) groups is 1. The van der Waals surface area contributed by atoms with Gasteiger partial charge in [0.15, 0.2) is 11.8 Å². The number of fused-ring (bicyclic) bond motifs is 1. The van der Waals surface area contributed by atoms with Crippen LogP contribution in [0.3, 0.4) is 0 Å². The van der Waals surface area contributed by atoms with E-state index in [1.807, 2.05) is 58.0 Å². The first-order chi connectivity index (χ1) is 13.1. The Morgan fingerprint density at radius 3 is 2.39 bits per heavy atom. The van der Waals surface area contributed by atoms with E-state index in [4.69, 9.17) is 21.1 Å². The molecule has 0 aliphatic heterocycles. The predicted molar refractivity (Wildman–Crippen MR) is 109 cm³/mol. The van der Waals surface area contributed by atoms with Crippen LogP contribution in [-0.2, 0) is 14.3 Å². The number of esters is 1. The van der Waals surface area contributed by atoms with Gasteiger partial charge in [0.1, 0.15) is 5.15 Å². The first-order valence-electron chi connectivity index (χ1n) is 8.99. The lowest BCUT2D eigenvalue weighted by atomic mass is 10.1. The number of rotatable bonds is 4. The van der Waals surface area contributed by atoms with Crippen molar-refractivity contribution in [3.8, 4) is 11.3 Å². The second-order valence-electron chi connectivity index (χ2n) is 7.70. The highest BCUT2D eigenvalue weighted by Gasteiger charge is 2.33. The Kier molecular flexibility index (Phi) is 5.46. The zero-order valence-electron chi connectivity index (χ0n) is 16.9. The van der Waals surface area contributed by atoms with Gasteiger partial charge in [-0.2, -0.15) is 5.10 Å². The van der Waals surface area contributed by atoms with Crippen LogP contribution in [0.2, 0.25) is 5.15 Å². The lowest BCUT2D eigenvalue weighted by Gasteiger charge is -2.27. The lowest BCUT2D eigenvalue weighted by Crippen LogP contribution is -2.29. The third-order valence-electron chi connectivity index (χ3n) is 4.27. The number of aromatic nitrogens is 3. The van der Waals surface area contributed by atoms with Crippen molar-refractivity contribution in [2.45, 2.75) is 46.3 Å². The van der Waals surface area contributed by atoms with E-state index in [9.17, 15) is 4.79 Å². The van der Waals surface area contributed by atoms with Crippen LogP contribution in [0.1, 0.15) is 43.7 Å². The maximum absolute atomic E-state index is 12.4. The fraction of sp³-hybridized carbons (Fsp3) is 0.381. The minimum atomic E-state index is -0.999. The van der Waals surface area contributed by atoms with Gasteiger partial charge in [-0.05, 0) is 34.6 Å². The molecule has 1 unspecified atom stereocenters. The highest BCUT2D eigenvalue weighted by atomic mass is 35.5. The van der Waals surface area contributed by atoms with Gasteiger partial charge in [-0.3, -0.25) is 0 Å². The summed E-state index contributed by atoms with van der Waals surface area (Å²) in [6, 6.07) is 9.91. The van der Waals surface area contributed by atoms with Crippen LogP contribution in [0.15, 0.2) is 30.3 Å². The van der Waals surface area contributed by atoms with Crippen LogP contribution in [0.5, 0.6) is 0 Å². The normalized spacial score (nSPS) is 13.0. The van der Waals surface area contributed by atoms with Gasteiger partial charge in [0, 0.05) is 17.3 Å². The molecule has 1 atom stereocenters. The Morgan fingerprint density at radius 2 is 1.82 bits per heavy atom. The highest BCUT2D eigenvalue weighted by molar-refractivity contribution is 6.30. The number of benzene rings is 1. The molecule has 28 heavy (non-hydrogen) atoms. The van der Waals surface area contributed by atoms with Crippen LogP contribution in [0.4, 0.5) is 0 Å². The molecule has 0 spiro atoms. The standard InChI is InChI=1S/C21H24ClN3O3/c1-12-7-9-14(10-8-12)15-11-16-23-13(2)17(19(22)25(16)24-15)18(20(26)27-6)28-21(3,4)5/h7-11,18H,1-6H3. The van der Waals surface area contributed by atoms with E-state index >= 15 is 0 Å². The molecule has 1 aromatic carbocycles. The number of aryl methyl sites for hydroxylation is 2. The molecule has 0 fully saturated rings. The molecule has 0 aliphatic carbocycles. The van der Waals surface area contributed by atoms with Crippen molar-refractivity contribution in [3.63, 3.8) is 0 Å². The molecule has 3 aromatic rings. The van der Waals surface area contributed by atoms with Crippen molar-refractivity contribution in [1.29, 1.82) is 0 Å². The van der Waals surface area contributed by atoms with E-state index in [1.54, 1.807) is 6.92 Å². The first kappa shape index (κ1) is 20.3. The molecule has 148 valence electrons. The van der Waals surface area contributed by atoms with Crippen LogP contribution in [-0.4, -0.2) is 33.3 Å². The van der Waals surface area contributed by atoms with Gasteiger partial charge in [-0.25, -0.2) is 14.3 Å². The maximum Gasteiger partial charge on any atom is 0.339 e. The number of carbonyl (C=O) groups excluding carboxylic acids is 1. The predicted octanol–water partition coefficient (Wildman–Crippen LogP) is 4.70. The lowest BCUT2D eigenvalue weighted by molar-refractivity contribution is -0.164. The van der Waals surface area contributed by atoms with E-state index in [0.29, 0.717) is 16.9 Å². The summed E-state index contributed by atoms with van der Waals surface area (Å²) in [6.45, 7) is 9.41. The molecule has 0 aliphatic rings. The van der Waals surface area contributed by atoms with Gasteiger partial charge in [0.2, 0.25) is 0 Å². The summed E-state index contributed by atoms with van der Waals surface area (Å²) in [6.07, 6.45) is -0.999. The van der Waals surface area contributed by atoms with Crippen molar-refractivity contribution < 1.29 is 14.3 Å². The zero-order valence-corrected chi connectivity index (χ0v) is 17.7. The van der Waals surface area contributed by atoms with Crippen molar-refractivity contribution in [3.05, 3.63) is 52.3 Å². The molecule has 0 saturated heterocycles. The average Bonchev–Trinajstić information content (AvgIpc) is 3.04. The Morgan fingerprint density at radius 1 is 1.18 bits per heavy atom. The van der Waals surface area contributed by atoms with Gasteiger partial charge >= 0.3 is 5.97 Å². The summed E-state index contributed by atoms with van der Waals surface area (Å²) in [5.74, 6) is -0.535. The van der Waals surface area contributed by atoms with E-state index in [2.05, 4.69) is 10.1 Å². The van der Waals surface area contributed by atoms with Crippen molar-refractivity contribution in [2.24, 2.45) is 0 Å². The van der Waals surface area contributed by atoms with Gasteiger partial charge in [-0.1, -0.05) is 41.4 Å². The average molecular weight is 402 g/mol. The van der Waals surface area contributed by atoms with Crippen LogP contribution < -0.4 is 0 Å². The molecule has 2 aromatic heterocycles. The Hall–Kier alpha value is -2.44. The van der Waals surface area contributed by atoms with E-state index in [-0.39, 0.29) is 5.15 Å². The molecule has 0 saturated carbocycles. The fourth-order valence-corrected chi connectivity index (χ4v) is 3.30. The smallest absolute Gasteiger partial charge is 0.339 e. The molecule has 0 bridgehead atoms. The largest absolute Gasteiger partial charge is 0.467 e. The maximum atomic E-state index is 12.4. The van der Waals surface area contributed by atoms with Crippen LogP contribution in [0, 0.1) is 13.8 Å². The Bertz CT molecular complexity index is 1020. The van der Waals surface area contributed by atoms with Crippen LogP contribution >= 0.6 is 11.6 Å². The van der Waals surface area contributed by atoms with Gasteiger partial charge in [0.05, 0.1) is 24.0 Å². The summed E-state index contributed by atoms with van der Waals surface area (Å²) >= 11 is 6.67. The second-order valence-corrected chi connectivity index (χ2v) is 8.06. The summed E-state index contributed by atoms with van der Waals surface area (Å²) in [5, 5.41) is 4.87. The van der Waals surface area contributed by atoms with Crippen molar-refractivity contribution in [1.82, 2.24) is 14.6 Å². The van der Waals surface area contributed by atoms with Gasteiger partial charge < -0.3 is 9.47 Å². The number of ether oxygens (including phenoxy) is 2. The third kappa shape index (κ3) is 4.03. The summed E-state index contributed by atoms with van der Waals surface area (Å²) in [4.78, 5) is 17.0.